The topological polar surface area (TPSA) is 117 Å². The van der Waals surface area contributed by atoms with E-state index in [4.69, 9.17) is 9.05 Å². The molecule has 0 bridgehead atoms. The highest BCUT2D eigenvalue weighted by Crippen LogP contribution is 2.47. The van der Waals surface area contributed by atoms with Gasteiger partial charge in [-0.05, 0) is 13.8 Å². The van der Waals surface area contributed by atoms with Crippen LogP contribution in [-0.4, -0.2) is 57.5 Å². The molecule has 0 aromatic carbocycles. The van der Waals surface area contributed by atoms with Gasteiger partial charge >= 0.3 is 19.5 Å². The smallest absolute Gasteiger partial charge is 0.340 e. The van der Waals surface area contributed by atoms with E-state index in [1.807, 2.05) is 0 Å². The molecule has 10 heteroatoms. The number of esters is 2. The number of ether oxygens (including phenoxy) is 2. The van der Waals surface area contributed by atoms with Gasteiger partial charge in [0.05, 0.1) is 33.9 Å². The Labute approximate surface area is 129 Å². The third kappa shape index (κ3) is 7.53. The van der Waals surface area contributed by atoms with Gasteiger partial charge in [-0.25, -0.2) is 4.79 Å². The minimum atomic E-state index is -3.59. The highest BCUT2D eigenvalue weighted by atomic mass is 31.2. The SMILES string of the molecule is CCOP(=O)(CC(=O)N[C@@H](CC(=O)OC)C(=O)OC)OCC. The van der Waals surface area contributed by atoms with Crippen molar-refractivity contribution in [2.75, 3.05) is 33.6 Å². The van der Waals surface area contributed by atoms with Crippen LogP contribution in [0.4, 0.5) is 0 Å². The van der Waals surface area contributed by atoms with Crippen LogP contribution in [0.15, 0.2) is 0 Å². The van der Waals surface area contributed by atoms with Gasteiger partial charge in [0.1, 0.15) is 12.2 Å². The standard InChI is InChI=1S/C12H22NO8P/c1-5-20-22(17,21-6-2)8-10(14)13-9(12(16)19-4)7-11(15)18-3/h9H,5-8H2,1-4H3,(H,13,14)/t9-/m0/s1. The summed E-state index contributed by atoms with van der Waals surface area (Å²) in [4.78, 5) is 34.7. The Morgan fingerprint density at radius 3 is 2.00 bits per heavy atom. The van der Waals surface area contributed by atoms with Crippen LogP contribution < -0.4 is 5.32 Å². The summed E-state index contributed by atoms with van der Waals surface area (Å²) in [5, 5.41) is 2.26. The van der Waals surface area contributed by atoms with Crippen LogP contribution in [0, 0.1) is 0 Å². The fourth-order valence-electron chi connectivity index (χ4n) is 1.52. The number of methoxy groups -OCH3 is 2. The highest BCUT2D eigenvalue weighted by molar-refractivity contribution is 7.54. The molecule has 0 spiro atoms. The number of rotatable bonds is 10. The van der Waals surface area contributed by atoms with Crippen LogP contribution in [0.2, 0.25) is 0 Å². The first-order chi connectivity index (χ1) is 10.3. The van der Waals surface area contributed by atoms with Crippen molar-refractivity contribution in [1.29, 1.82) is 0 Å². The number of nitrogens with one attached hydrogen (secondary N) is 1. The predicted molar refractivity (Wildman–Crippen MR) is 76.3 cm³/mol. The summed E-state index contributed by atoms with van der Waals surface area (Å²) in [6.45, 7) is 3.43. The Balaban J connectivity index is 4.83. The summed E-state index contributed by atoms with van der Waals surface area (Å²) in [6, 6.07) is -1.23. The second kappa shape index (κ2) is 10.3. The molecule has 9 nitrogen and oxygen atoms in total. The lowest BCUT2D eigenvalue weighted by Gasteiger charge is -2.19. The molecule has 1 amide bonds. The van der Waals surface area contributed by atoms with E-state index in [0.29, 0.717) is 0 Å². The van der Waals surface area contributed by atoms with Crippen LogP contribution in [0.1, 0.15) is 20.3 Å². The highest BCUT2D eigenvalue weighted by Gasteiger charge is 2.31. The molecular weight excluding hydrogens is 317 g/mol. The van der Waals surface area contributed by atoms with Crippen molar-refractivity contribution >= 4 is 25.4 Å². The summed E-state index contributed by atoms with van der Waals surface area (Å²) >= 11 is 0. The van der Waals surface area contributed by atoms with E-state index in [2.05, 4.69) is 14.8 Å². The summed E-state index contributed by atoms with van der Waals surface area (Å²) in [7, 11) is -1.33. The first-order valence-corrected chi connectivity index (χ1v) is 8.36. The molecule has 128 valence electrons. The van der Waals surface area contributed by atoms with Gasteiger partial charge in [-0.3, -0.25) is 14.2 Å². The van der Waals surface area contributed by atoms with Gasteiger partial charge in [0.25, 0.3) is 0 Å². The van der Waals surface area contributed by atoms with Crippen molar-refractivity contribution in [3.63, 3.8) is 0 Å². The summed E-state index contributed by atoms with van der Waals surface area (Å²) in [5.74, 6) is -2.28. The van der Waals surface area contributed by atoms with Crippen LogP contribution in [0.25, 0.3) is 0 Å². The number of carbonyl (C=O) groups excluding carboxylic acids is 3. The molecule has 0 aliphatic carbocycles. The molecule has 1 atom stereocenters. The number of amides is 1. The maximum atomic E-state index is 12.2. The minimum Gasteiger partial charge on any atom is -0.469 e. The largest absolute Gasteiger partial charge is 0.469 e. The maximum absolute atomic E-state index is 12.2. The molecule has 0 fully saturated rings. The van der Waals surface area contributed by atoms with Gasteiger partial charge in [-0.15, -0.1) is 0 Å². The lowest BCUT2D eigenvalue weighted by molar-refractivity contribution is -0.150. The summed E-state index contributed by atoms with van der Waals surface area (Å²) < 4.78 is 31.1. The average Bonchev–Trinajstić information content (AvgIpc) is 2.45. The quantitative estimate of drug-likeness (QED) is 0.451. The van der Waals surface area contributed by atoms with Crippen LogP contribution in [0.5, 0.6) is 0 Å². The van der Waals surface area contributed by atoms with Crippen LogP contribution >= 0.6 is 7.60 Å². The van der Waals surface area contributed by atoms with E-state index >= 15 is 0 Å². The van der Waals surface area contributed by atoms with Crippen LogP contribution in [-0.2, 0) is 37.5 Å². The monoisotopic (exact) mass is 339 g/mol. The van der Waals surface area contributed by atoms with E-state index in [1.165, 1.54) is 0 Å². The van der Waals surface area contributed by atoms with Gasteiger partial charge in [0.15, 0.2) is 0 Å². The molecule has 0 aromatic heterocycles. The van der Waals surface area contributed by atoms with Crippen molar-refractivity contribution in [1.82, 2.24) is 5.32 Å². The van der Waals surface area contributed by atoms with E-state index in [0.717, 1.165) is 14.2 Å². The van der Waals surface area contributed by atoms with Gasteiger partial charge < -0.3 is 23.8 Å². The van der Waals surface area contributed by atoms with E-state index in [1.54, 1.807) is 13.8 Å². The normalized spacial score (nSPS) is 12.4. The Kier molecular flexibility index (Phi) is 9.64. The Morgan fingerprint density at radius 1 is 1.05 bits per heavy atom. The fourth-order valence-corrected chi connectivity index (χ4v) is 3.01. The average molecular weight is 339 g/mol. The lowest BCUT2D eigenvalue weighted by Crippen LogP contribution is -2.44. The Hall–Kier alpha value is -1.44. The van der Waals surface area contributed by atoms with Gasteiger partial charge in [-0.2, -0.15) is 0 Å². The number of hydrogen-bond acceptors (Lipinski definition) is 8. The molecule has 1 N–H and O–H groups in total. The van der Waals surface area contributed by atoms with Gasteiger partial charge in [0, 0.05) is 0 Å². The summed E-state index contributed by atoms with van der Waals surface area (Å²) in [6.07, 6.45) is -0.966. The van der Waals surface area contributed by atoms with Gasteiger partial charge in [-0.1, -0.05) is 0 Å². The molecule has 0 heterocycles. The fraction of sp³-hybridized carbons (Fsp3) is 0.750. The number of hydrogen-bond donors (Lipinski definition) is 1. The predicted octanol–water partition coefficient (Wildman–Crippen LogP) is 0.473. The molecule has 0 aromatic rings. The van der Waals surface area contributed by atoms with E-state index in [-0.39, 0.29) is 13.2 Å². The first-order valence-electron chi connectivity index (χ1n) is 6.64. The van der Waals surface area contributed by atoms with E-state index < -0.39 is 44.1 Å². The zero-order valence-corrected chi connectivity index (χ0v) is 14.0. The lowest BCUT2D eigenvalue weighted by atomic mass is 10.2. The molecule has 0 rings (SSSR count). The first kappa shape index (κ1) is 20.6. The molecular formula is C12H22NO8P. The van der Waals surface area contributed by atoms with Crippen molar-refractivity contribution < 1.29 is 37.5 Å². The van der Waals surface area contributed by atoms with E-state index in [9.17, 15) is 18.9 Å². The molecule has 0 saturated heterocycles. The second-order valence-corrected chi connectivity index (χ2v) is 6.08. The number of carbonyl (C=O) groups is 3. The summed E-state index contributed by atoms with van der Waals surface area (Å²) in [5.41, 5.74) is 0. The van der Waals surface area contributed by atoms with Gasteiger partial charge in [0.2, 0.25) is 5.91 Å². The Morgan fingerprint density at radius 2 is 1.59 bits per heavy atom. The maximum Gasteiger partial charge on any atom is 0.340 e. The molecule has 22 heavy (non-hydrogen) atoms. The molecule has 0 saturated carbocycles. The minimum absolute atomic E-state index is 0.104. The molecule has 0 aliphatic heterocycles. The van der Waals surface area contributed by atoms with Crippen molar-refractivity contribution in [3.8, 4) is 0 Å². The van der Waals surface area contributed by atoms with Crippen molar-refractivity contribution in [2.24, 2.45) is 0 Å². The zero-order chi connectivity index (χ0) is 17.2. The second-order valence-electron chi connectivity index (χ2n) is 4.03. The van der Waals surface area contributed by atoms with Crippen LogP contribution in [0.3, 0.4) is 0 Å². The van der Waals surface area contributed by atoms with Crippen molar-refractivity contribution in [2.45, 2.75) is 26.3 Å². The Bertz CT molecular complexity index is 429. The third-order valence-corrected chi connectivity index (χ3v) is 4.39. The zero-order valence-electron chi connectivity index (χ0n) is 13.1. The third-order valence-electron chi connectivity index (χ3n) is 2.41. The molecule has 0 radical (unpaired) electrons. The van der Waals surface area contributed by atoms with Crippen molar-refractivity contribution in [3.05, 3.63) is 0 Å². The molecule has 0 unspecified atom stereocenters. The molecule has 0 aliphatic rings.